The molecule has 0 radical (unpaired) electrons. The molecule has 2 amide bonds. The maximum Gasteiger partial charge on any atom is 0.407 e. The van der Waals surface area contributed by atoms with Crippen molar-refractivity contribution in [2.24, 2.45) is 0 Å². The van der Waals surface area contributed by atoms with Crippen LogP contribution >= 0.6 is 0 Å². The van der Waals surface area contributed by atoms with Crippen LogP contribution in [0.2, 0.25) is 0 Å². The van der Waals surface area contributed by atoms with Gasteiger partial charge in [-0.2, -0.15) is 5.10 Å². The highest BCUT2D eigenvalue weighted by Gasteiger charge is 2.21. The number of carbonyl (C=O) groups excluding carboxylic acids is 2. The quantitative estimate of drug-likeness (QED) is 0.671. The van der Waals surface area contributed by atoms with Gasteiger partial charge in [-0.05, 0) is 50.6 Å². The summed E-state index contributed by atoms with van der Waals surface area (Å²) in [6.07, 6.45) is 4.47. The summed E-state index contributed by atoms with van der Waals surface area (Å²) in [6.45, 7) is 6.02. The number of hydrogen-bond donors (Lipinski definition) is 2. The van der Waals surface area contributed by atoms with Crippen LogP contribution in [0, 0.1) is 0 Å². The Labute approximate surface area is 174 Å². The smallest absolute Gasteiger partial charge is 0.407 e. The number of methoxy groups -OCH3 is 1. The molecule has 2 N–H and O–H groups in total. The lowest BCUT2D eigenvalue weighted by molar-refractivity contribution is 0.0914. The Morgan fingerprint density at radius 3 is 2.57 bits per heavy atom. The first-order valence-electron chi connectivity index (χ1n) is 9.37. The van der Waals surface area contributed by atoms with Crippen LogP contribution in [-0.2, 0) is 11.3 Å². The van der Waals surface area contributed by atoms with Crippen LogP contribution in [0.5, 0.6) is 0 Å². The van der Waals surface area contributed by atoms with E-state index in [1.165, 1.54) is 7.11 Å². The molecule has 0 fully saturated rings. The fourth-order valence-electron chi connectivity index (χ4n) is 2.68. The van der Waals surface area contributed by atoms with Crippen molar-refractivity contribution in [1.29, 1.82) is 0 Å². The lowest BCUT2D eigenvalue weighted by Gasteiger charge is -2.19. The van der Waals surface area contributed by atoms with Gasteiger partial charge in [-0.25, -0.2) is 9.48 Å². The van der Waals surface area contributed by atoms with Gasteiger partial charge in [-0.3, -0.25) is 14.8 Å². The molecule has 0 atom stereocenters. The maximum absolute atomic E-state index is 12.6. The molecule has 0 aliphatic heterocycles. The van der Waals surface area contributed by atoms with E-state index in [2.05, 4.69) is 30.4 Å². The van der Waals surface area contributed by atoms with E-state index in [0.29, 0.717) is 23.6 Å². The first-order valence-corrected chi connectivity index (χ1v) is 9.37. The number of ether oxygens (including phenoxy) is 1. The average molecular weight is 408 g/mol. The third kappa shape index (κ3) is 5.19. The molecule has 0 aliphatic carbocycles. The standard InChI is InChI=1S/C21H24N6O3/c1-21(2,3)25-19(28)17-10-18(27(26-17)15-6-5-9-22-13-15)16-8-7-14(11-23-16)12-24-20(29)30-4/h5-11,13H,12H2,1-4H3,(H,24,29)(H,25,28). The molecule has 0 aliphatic rings. The zero-order valence-electron chi connectivity index (χ0n) is 17.3. The van der Waals surface area contributed by atoms with E-state index in [9.17, 15) is 9.59 Å². The normalized spacial score (nSPS) is 11.1. The number of amides is 2. The second kappa shape index (κ2) is 8.73. The van der Waals surface area contributed by atoms with Gasteiger partial charge >= 0.3 is 6.09 Å². The molecule has 9 heteroatoms. The number of rotatable bonds is 5. The highest BCUT2D eigenvalue weighted by atomic mass is 16.5. The van der Waals surface area contributed by atoms with Crippen molar-refractivity contribution in [3.63, 3.8) is 0 Å². The van der Waals surface area contributed by atoms with Crippen molar-refractivity contribution < 1.29 is 14.3 Å². The predicted molar refractivity (Wildman–Crippen MR) is 111 cm³/mol. The molecular weight excluding hydrogens is 384 g/mol. The summed E-state index contributed by atoms with van der Waals surface area (Å²) in [7, 11) is 1.31. The second-order valence-corrected chi connectivity index (χ2v) is 7.64. The molecule has 0 spiro atoms. The second-order valence-electron chi connectivity index (χ2n) is 7.64. The summed E-state index contributed by atoms with van der Waals surface area (Å²) >= 11 is 0. The topological polar surface area (TPSA) is 111 Å². The van der Waals surface area contributed by atoms with Gasteiger partial charge in [-0.15, -0.1) is 0 Å². The van der Waals surface area contributed by atoms with Gasteiger partial charge in [0.1, 0.15) is 0 Å². The van der Waals surface area contributed by atoms with Crippen LogP contribution in [0.1, 0.15) is 36.8 Å². The number of pyridine rings is 2. The van der Waals surface area contributed by atoms with Gasteiger partial charge in [0, 0.05) is 24.5 Å². The average Bonchev–Trinajstić information content (AvgIpc) is 3.17. The van der Waals surface area contributed by atoms with E-state index in [1.54, 1.807) is 35.4 Å². The lowest BCUT2D eigenvalue weighted by Crippen LogP contribution is -2.40. The van der Waals surface area contributed by atoms with Crippen LogP contribution in [0.15, 0.2) is 48.9 Å². The van der Waals surface area contributed by atoms with E-state index < -0.39 is 6.09 Å². The van der Waals surface area contributed by atoms with Crippen molar-refractivity contribution >= 4 is 12.0 Å². The molecule has 3 heterocycles. The molecular formula is C21H24N6O3. The number of hydrogen-bond acceptors (Lipinski definition) is 6. The third-order valence-electron chi connectivity index (χ3n) is 4.03. The SMILES string of the molecule is COC(=O)NCc1ccc(-c2cc(C(=O)NC(C)(C)C)nn2-c2cccnc2)nc1. The van der Waals surface area contributed by atoms with Gasteiger partial charge < -0.3 is 15.4 Å². The monoisotopic (exact) mass is 408 g/mol. The Morgan fingerprint density at radius 2 is 1.97 bits per heavy atom. The Hall–Kier alpha value is -3.75. The molecule has 156 valence electrons. The zero-order valence-corrected chi connectivity index (χ0v) is 17.3. The fraction of sp³-hybridized carbons (Fsp3) is 0.286. The molecule has 0 unspecified atom stereocenters. The number of nitrogens with zero attached hydrogens (tertiary/aromatic N) is 4. The van der Waals surface area contributed by atoms with Gasteiger partial charge in [0.05, 0.1) is 30.4 Å². The summed E-state index contributed by atoms with van der Waals surface area (Å²) < 4.78 is 6.20. The van der Waals surface area contributed by atoms with E-state index in [-0.39, 0.29) is 17.1 Å². The first-order chi connectivity index (χ1) is 14.3. The Bertz CT molecular complexity index is 1020. The van der Waals surface area contributed by atoms with Gasteiger partial charge in [0.25, 0.3) is 5.91 Å². The summed E-state index contributed by atoms with van der Waals surface area (Å²) in [5.41, 5.74) is 2.68. The van der Waals surface area contributed by atoms with E-state index in [1.807, 2.05) is 39.0 Å². The minimum atomic E-state index is -0.511. The molecule has 30 heavy (non-hydrogen) atoms. The molecule has 0 saturated carbocycles. The van der Waals surface area contributed by atoms with Crippen LogP contribution in [0.4, 0.5) is 4.79 Å². The summed E-state index contributed by atoms with van der Waals surface area (Å²) in [5, 5.41) is 10.0. The highest BCUT2D eigenvalue weighted by Crippen LogP contribution is 2.23. The van der Waals surface area contributed by atoms with E-state index in [0.717, 1.165) is 5.56 Å². The maximum atomic E-state index is 12.6. The van der Waals surface area contributed by atoms with Gasteiger partial charge in [0.15, 0.2) is 5.69 Å². The molecule has 9 nitrogen and oxygen atoms in total. The lowest BCUT2D eigenvalue weighted by atomic mass is 10.1. The van der Waals surface area contributed by atoms with Crippen molar-refractivity contribution in [3.05, 3.63) is 60.2 Å². The summed E-state index contributed by atoms with van der Waals surface area (Å²) in [5.74, 6) is -0.273. The van der Waals surface area contributed by atoms with Crippen LogP contribution in [0.3, 0.4) is 0 Å². The van der Waals surface area contributed by atoms with Crippen LogP contribution < -0.4 is 10.6 Å². The molecule has 3 aromatic heterocycles. The number of nitrogens with one attached hydrogen (secondary N) is 2. The first kappa shape index (κ1) is 21.0. The molecule has 3 aromatic rings. The third-order valence-corrected chi connectivity index (χ3v) is 4.03. The molecule has 0 saturated heterocycles. The Morgan fingerprint density at radius 1 is 1.17 bits per heavy atom. The summed E-state index contributed by atoms with van der Waals surface area (Å²) in [6, 6.07) is 8.99. The minimum absolute atomic E-state index is 0.273. The molecule has 0 bridgehead atoms. The van der Waals surface area contributed by atoms with Crippen LogP contribution in [-0.4, -0.2) is 44.4 Å². The van der Waals surface area contributed by atoms with Crippen LogP contribution in [0.25, 0.3) is 17.1 Å². The Balaban J connectivity index is 1.94. The number of aromatic nitrogens is 4. The van der Waals surface area contributed by atoms with Crippen molar-refractivity contribution in [1.82, 2.24) is 30.4 Å². The fourth-order valence-corrected chi connectivity index (χ4v) is 2.68. The minimum Gasteiger partial charge on any atom is -0.453 e. The van der Waals surface area contributed by atoms with Crippen molar-refractivity contribution in [2.75, 3.05) is 7.11 Å². The Kier molecular flexibility index (Phi) is 6.10. The number of carbonyl (C=O) groups is 2. The largest absolute Gasteiger partial charge is 0.453 e. The van der Waals surface area contributed by atoms with E-state index in [4.69, 9.17) is 0 Å². The number of alkyl carbamates (subject to hydrolysis) is 1. The molecule has 0 aromatic carbocycles. The van der Waals surface area contributed by atoms with Crippen molar-refractivity contribution in [3.8, 4) is 17.1 Å². The zero-order chi connectivity index (χ0) is 21.7. The van der Waals surface area contributed by atoms with Gasteiger partial charge in [-0.1, -0.05) is 6.07 Å². The summed E-state index contributed by atoms with van der Waals surface area (Å²) in [4.78, 5) is 32.5. The predicted octanol–water partition coefficient (Wildman–Crippen LogP) is 2.71. The van der Waals surface area contributed by atoms with Gasteiger partial charge in [0.2, 0.25) is 0 Å². The van der Waals surface area contributed by atoms with E-state index >= 15 is 0 Å². The molecule has 3 rings (SSSR count). The highest BCUT2D eigenvalue weighted by molar-refractivity contribution is 5.94. The van der Waals surface area contributed by atoms with Crippen molar-refractivity contribution in [2.45, 2.75) is 32.9 Å².